The minimum Gasteiger partial charge on any atom is -0.479 e. The fourth-order valence-electron chi connectivity index (χ4n) is 4.28. The van der Waals surface area contributed by atoms with Crippen LogP contribution in [0.1, 0.15) is 54.5 Å². The van der Waals surface area contributed by atoms with Crippen molar-refractivity contribution in [1.82, 2.24) is 14.3 Å². The maximum Gasteiger partial charge on any atom is 0.417 e. The largest absolute Gasteiger partial charge is 0.479 e. The Morgan fingerprint density at radius 3 is 2.52 bits per heavy atom. The van der Waals surface area contributed by atoms with E-state index in [1.807, 2.05) is 34.9 Å². The lowest BCUT2D eigenvalue weighted by atomic mass is 10.0. The minimum atomic E-state index is -0.422. The monoisotopic (exact) mass is 577 g/mol. The second kappa shape index (κ2) is 14.2. The smallest absolute Gasteiger partial charge is 0.417 e. The highest BCUT2D eigenvalue weighted by molar-refractivity contribution is 8.00. The molecular formula is C31H35N3O4S2. The number of carbonyl (C=O) groups is 2. The molecular weight excluding hydrogens is 542 g/mol. The van der Waals surface area contributed by atoms with Gasteiger partial charge in [-0.1, -0.05) is 81.8 Å². The van der Waals surface area contributed by atoms with Gasteiger partial charge in [0.15, 0.2) is 6.29 Å². The first-order chi connectivity index (χ1) is 19.4. The van der Waals surface area contributed by atoms with E-state index < -0.39 is 6.09 Å². The number of benzene rings is 2. The lowest BCUT2D eigenvalue weighted by molar-refractivity contribution is 0.111. The van der Waals surface area contributed by atoms with E-state index in [4.69, 9.17) is 9.47 Å². The number of ether oxygens (including phenoxy) is 2. The van der Waals surface area contributed by atoms with Crippen LogP contribution < -0.4 is 9.46 Å². The molecule has 1 amide bonds. The van der Waals surface area contributed by atoms with Gasteiger partial charge in [0.2, 0.25) is 5.88 Å². The zero-order valence-corrected chi connectivity index (χ0v) is 24.9. The van der Waals surface area contributed by atoms with E-state index in [0.29, 0.717) is 36.5 Å². The summed E-state index contributed by atoms with van der Waals surface area (Å²) in [5, 5.41) is 0. The van der Waals surface area contributed by atoms with Crippen LogP contribution in [0.3, 0.4) is 0 Å². The number of unbranched alkanes of at least 4 members (excludes halogenated alkanes) is 1. The summed E-state index contributed by atoms with van der Waals surface area (Å²) in [5.74, 6) is 1.51. The highest BCUT2D eigenvalue weighted by Gasteiger charge is 2.20. The number of hydrogen-bond donors (Lipinski definition) is 1. The van der Waals surface area contributed by atoms with Crippen molar-refractivity contribution >= 4 is 35.7 Å². The Balaban J connectivity index is 1.58. The minimum absolute atomic E-state index is 0.309. The highest BCUT2D eigenvalue weighted by Crippen LogP contribution is 2.39. The van der Waals surface area contributed by atoms with Gasteiger partial charge in [0, 0.05) is 34.5 Å². The van der Waals surface area contributed by atoms with Gasteiger partial charge in [-0.3, -0.25) is 9.52 Å². The van der Waals surface area contributed by atoms with Crippen LogP contribution in [0.25, 0.3) is 22.5 Å². The van der Waals surface area contributed by atoms with Crippen LogP contribution in [0.2, 0.25) is 0 Å². The second-order valence-corrected chi connectivity index (χ2v) is 12.0. The third-order valence-corrected chi connectivity index (χ3v) is 8.36. The number of imidazole rings is 1. The van der Waals surface area contributed by atoms with E-state index in [9.17, 15) is 9.59 Å². The molecule has 0 atom stereocenters. The summed E-state index contributed by atoms with van der Waals surface area (Å²) < 4.78 is 16.4. The molecule has 7 nitrogen and oxygen atoms in total. The zero-order chi connectivity index (χ0) is 28.5. The third-order valence-electron chi connectivity index (χ3n) is 6.23. The molecule has 0 aliphatic carbocycles. The number of thiophene rings is 1. The van der Waals surface area contributed by atoms with Crippen LogP contribution in [0, 0.1) is 5.92 Å². The first kappa shape index (κ1) is 29.4. The number of amides is 1. The molecule has 0 saturated heterocycles. The number of nitrogens with zero attached hydrogens (tertiary/aromatic N) is 2. The quantitative estimate of drug-likeness (QED) is 0.0989. The van der Waals surface area contributed by atoms with Crippen LogP contribution in [0.15, 0.2) is 64.9 Å². The van der Waals surface area contributed by atoms with Crippen molar-refractivity contribution in [1.29, 1.82) is 0 Å². The van der Waals surface area contributed by atoms with Crippen molar-refractivity contribution in [2.75, 3.05) is 13.7 Å². The van der Waals surface area contributed by atoms with Gasteiger partial charge in [-0.25, -0.2) is 4.79 Å². The van der Waals surface area contributed by atoms with E-state index in [0.717, 1.165) is 52.0 Å². The maximum absolute atomic E-state index is 12.2. The molecule has 9 heteroatoms. The van der Waals surface area contributed by atoms with Gasteiger partial charge in [-0.05, 0) is 36.0 Å². The predicted octanol–water partition coefficient (Wildman–Crippen LogP) is 7.88. The SMILES string of the molecule is CCCCOC(=O)NSc1sc(CC(C)C)cc1-c1ccc(Cn2c(-c3ccccc3)nc(OC)c2C=O)cc1. The van der Waals surface area contributed by atoms with Gasteiger partial charge in [0.25, 0.3) is 0 Å². The fourth-order valence-corrected chi connectivity index (χ4v) is 6.53. The first-order valence-electron chi connectivity index (χ1n) is 13.4. The number of rotatable bonds is 13. The molecule has 40 heavy (non-hydrogen) atoms. The Hall–Kier alpha value is -3.56. The van der Waals surface area contributed by atoms with Crippen molar-refractivity contribution in [3.8, 4) is 28.4 Å². The lowest BCUT2D eigenvalue weighted by Crippen LogP contribution is -2.17. The molecule has 0 saturated carbocycles. The van der Waals surface area contributed by atoms with Crippen LogP contribution >= 0.6 is 23.3 Å². The average molecular weight is 578 g/mol. The molecule has 0 bridgehead atoms. The molecule has 0 aliphatic heterocycles. The van der Waals surface area contributed by atoms with Crippen LogP contribution in [-0.4, -0.2) is 35.6 Å². The van der Waals surface area contributed by atoms with Crippen molar-refractivity contribution in [3.05, 3.63) is 76.8 Å². The Morgan fingerprint density at radius 2 is 1.88 bits per heavy atom. The maximum atomic E-state index is 12.2. The topological polar surface area (TPSA) is 82.4 Å². The van der Waals surface area contributed by atoms with Gasteiger partial charge in [0.05, 0.1) is 17.9 Å². The first-order valence-corrected chi connectivity index (χ1v) is 15.0. The summed E-state index contributed by atoms with van der Waals surface area (Å²) in [6, 6.07) is 20.3. The fraction of sp³-hybridized carbons (Fsp3) is 0.323. The Bertz CT molecular complexity index is 1410. The Labute approximate surface area is 244 Å². The molecule has 2 aromatic carbocycles. The molecule has 2 aromatic heterocycles. The van der Waals surface area contributed by atoms with Crippen LogP contribution in [0.5, 0.6) is 5.88 Å². The second-order valence-electron chi connectivity index (χ2n) is 9.80. The molecule has 0 radical (unpaired) electrons. The van der Waals surface area contributed by atoms with E-state index >= 15 is 0 Å². The molecule has 4 rings (SSSR count). The molecule has 210 valence electrons. The van der Waals surface area contributed by atoms with Crippen molar-refractivity contribution in [2.45, 2.75) is 50.8 Å². The molecule has 0 unspecified atom stereocenters. The number of aldehydes is 1. The van der Waals surface area contributed by atoms with E-state index in [1.165, 1.54) is 23.9 Å². The molecule has 2 heterocycles. The normalized spacial score (nSPS) is 11.0. The summed E-state index contributed by atoms with van der Waals surface area (Å²) in [6.07, 6.45) is 3.16. The van der Waals surface area contributed by atoms with Gasteiger partial charge in [-0.15, -0.1) is 11.3 Å². The summed E-state index contributed by atoms with van der Waals surface area (Å²) in [6.45, 7) is 7.34. The predicted molar refractivity (Wildman–Crippen MR) is 162 cm³/mol. The molecule has 1 N–H and O–H groups in total. The summed E-state index contributed by atoms with van der Waals surface area (Å²) >= 11 is 3.00. The Kier molecular flexibility index (Phi) is 10.4. The zero-order valence-electron chi connectivity index (χ0n) is 23.3. The van der Waals surface area contributed by atoms with Crippen LogP contribution in [-0.2, 0) is 17.7 Å². The summed E-state index contributed by atoms with van der Waals surface area (Å²) in [4.78, 5) is 30.0. The third kappa shape index (κ3) is 7.34. The van der Waals surface area contributed by atoms with E-state index in [1.54, 1.807) is 11.3 Å². The van der Waals surface area contributed by atoms with Crippen molar-refractivity contribution in [2.24, 2.45) is 5.92 Å². The number of hydrogen-bond acceptors (Lipinski definition) is 7. The molecule has 0 fully saturated rings. The summed E-state index contributed by atoms with van der Waals surface area (Å²) in [7, 11) is 1.52. The summed E-state index contributed by atoms with van der Waals surface area (Å²) in [5.41, 5.74) is 4.46. The average Bonchev–Trinajstić information content (AvgIpc) is 3.53. The number of carbonyl (C=O) groups excluding carboxylic acids is 2. The molecule has 0 spiro atoms. The van der Waals surface area contributed by atoms with Gasteiger partial charge in [-0.2, -0.15) is 4.98 Å². The van der Waals surface area contributed by atoms with E-state index in [2.05, 4.69) is 60.8 Å². The Morgan fingerprint density at radius 1 is 1.12 bits per heavy atom. The molecule has 4 aromatic rings. The highest BCUT2D eigenvalue weighted by atomic mass is 32.2. The lowest BCUT2D eigenvalue weighted by Gasteiger charge is -2.11. The van der Waals surface area contributed by atoms with Crippen molar-refractivity contribution in [3.63, 3.8) is 0 Å². The van der Waals surface area contributed by atoms with E-state index in [-0.39, 0.29) is 0 Å². The number of nitrogens with one attached hydrogen (secondary N) is 1. The van der Waals surface area contributed by atoms with Gasteiger partial charge in [0.1, 0.15) is 11.5 Å². The van der Waals surface area contributed by atoms with Gasteiger partial charge < -0.3 is 14.0 Å². The van der Waals surface area contributed by atoms with Crippen LogP contribution in [0.4, 0.5) is 4.79 Å². The molecule has 0 aliphatic rings. The van der Waals surface area contributed by atoms with Crippen molar-refractivity contribution < 1.29 is 19.1 Å². The number of methoxy groups -OCH3 is 1. The van der Waals surface area contributed by atoms with Gasteiger partial charge >= 0.3 is 6.09 Å². The standard InChI is InChI=1S/C31H35N3O4S2/c1-5-6-16-38-31(36)33-40-30-26(18-25(39-30)17-21(2)3)23-14-12-22(13-15-23)19-34-27(20-35)29(37-4)32-28(34)24-10-8-7-9-11-24/h7-15,18,20-21H,5-6,16-17,19H2,1-4H3,(H,33,36). The number of aromatic nitrogens is 2.